The molecule has 0 radical (unpaired) electrons. The summed E-state index contributed by atoms with van der Waals surface area (Å²) in [6.45, 7) is 4.80. The SMILES string of the molecule is C=CCC(c1ccc(Cl)c(Cl)c1)C1(O)c2c(F)c(F)c(F)c(C)c2C(=O)N1C. The number of fused-ring (bicyclic) bond motifs is 1. The topological polar surface area (TPSA) is 40.5 Å². The maximum absolute atomic E-state index is 14.8. The minimum Gasteiger partial charge on any atom is -0.366 e. The highest BCUT2D eigenvalue weighted by Gasteiger charge is 2.55. The normalized spacial score (nSPS) is 19.7. The highest BCUT2D eigenvalue weighted by molar-refractivity contribution is 6.42. The Bertz CT molecular complexity index is 1010. The average Bonchev–Trinajstić information content (AvgIpc) is 2.87. The third-order valence-corrected chi connectivity index (χ3v) is 5.93. The molecule has 1 amide bonds. The quantitative estimate of drug-likeness (QED) is 0.528. The second-order valence-electron chi connectivity index (χ2n) is 6.66. The Labute approximate surface area is 170 Å². The van der Waals surface area contributed by atoms with Gasteiger partial charge in [-0.05, 0) is 31.0 Å². The van der Waals surface area contributed by atoms with Crippen molar-refractivity contribution in [1.29, 1.82) is 0 Å². The van der Waals surface area contributed by atoms with E-state index in [4.69, 9.17) is 23.2 Å². The smallest absolute Gasteiger partial charge is 0.257 e. The first-order valence-electron chi connectivity index (χ1n) is 8.31. The third kappa shape index (κ3) is 2.74. The zero-order valence-electron chi connectivity index (χ0n) is 15.0. The zero-order chi connectivity index (χ0) is 21.0. The van der Waals surface area contributed by atoms with Crippen LogP contribution in [0.2, 0.25) is 10.0 Å². The fourth-order valence-corrected chi connectivity index (χ4v) is 4.02. The first-order chi connectivity index (χ1) is 13.1. The van der Waals surface area contributed by atoms with Gasteiger partial charge in [0.25, 0.3) is 5.91 Å². The standard InChI is InChI=1S/C20H16Cl2F3NO2/c1-4-5-11(10-6-7-12(21)13(22)8-10)20(28)15-14(19(27)26(20)3)9(2)16(23)18(25)17(15)24/h4,6-8,11,28H,1,5H2,2-3H3. The van der Waals surface area contributed by atoms with E-state index in [0.717, 1.165) is 11.8 Å². The zero-order valence-corrected chi connectivity index (χ0v) is 16.5. The van der Waals surface area contributed by atoms with Gasteiger partial charge in [-0.25, -0.2) is 13.2 Å². The Balaban J connectivity index is 2.35. The largest absolute Gasteiger partial charge is 0.366 e. The van der Waals surface area contributed by atoms with Crippen LogP contribution in [0, 0.1) is 24.4 Å². The number of allylic oxidation sites excluding steroid dienone is 1. The number of benzene rings is 2. The molecule has 0 spiro atoms. The van der Waals surface area contributed by atoms with Crippen LogP contribution in [0.15, 0.2) is 30.9 Å². The summed E-state index contributed by atoms with van der Waals surface area (Å²) in [6.07, 6.45) is 1.55. The molecule has 1 heterocycles. The third-order valence-electron chi connectivity index (χ3n) is 5.19. The van der Waals surface area contributed by atoms with E-state index in [2.05, 4.69) is 6.58 Å². The van der Waals surface area contributed by atoms with E-state index in [-0.39, 0.29) is 22.0 Å². The van der Waals surface area contributed by atoms with E-state index in [9.17, 15) is 23.1 Å². The number of carbonyl (C=O) groups is 1. The van der Waals surface area contributed by atoms with E-state index in [0.29, 0.717) is 5.56 Å². The Morgan fingerprint density at radius 1 is 1.21 bits per heavy atom. The number of carbonyl (C=O) groups excluding carboxylic acids is 1. The second kappa shape index (κ2) is 7.10. The van der Waals surface area contributed by atoms with Crippen LogP contribution in [-0.4, -0.2) is 23.0 Å². The van der Waals surface area contributed by atoms with Crippen molar-refractivity contribution in [2.75, 3.05) is 7.05 Å². The number of likely N-dealkylation sites (N-methyl/N-ethyl adjacent to an activating group) is 1. The summed E-state index contributed by atoms with van der Waals surface area (Å²) in [5.41, 5.74) is -3.23. The summed E-state index contributed by atoms with van der Waals surface area (Å²) in [5, 5.41) is 12.0. The lowest BCUT2D eigenvalue weighted by molar-refractivity contribution is -0.0958. The van der Waals surface area contributed by atoms with Crippen molar-refractivity contribution in [2.45, 2.75) is 25.0 Å². The van der Waals surface area contributed by atoms with Crippen molar-refractivity contribution in [1.82, 2.24) is 4.90 Å². The molecule has 8 heteroatoms. The van der Waals surface area contributed by atoms with Gasteiger partial charge in [0.05, 0.1) is 21.2 Å². The minimum atomic E-state index is -2.29. The van der Waals surface area contributed by atoms with Crippen molar-refractivity contribution in [2.24, 2.45) is 0 Å². The van der Waals surface area contributed by atoms with Crippen LogP contribution >= 0.6 is 23.2 Å². The number of rotatable bonds is 4. The maximum Gasteiger partial charge on any atom is 0.257 e. The number of halogens is 5. The van der Waals surface area contributed by atoms with E-state index in [1.807, 2.05) is 0 Å². The van der Waals surface area contributed by atoms with Gasteiger partial charge in [0.15, 0.2) is 23.2 Å². The molecular weight excluding hydrogens is 414 g/mol. The van der Waals surface area contributed by atoms with Gasteiger partial charge in [0, 0.05) is 18.5 Å². The predicted molar refractivity (Wildman–Crippen MR) is 101 cm³/mol. The number of hydrogen-bond acceptors (Lipinski definition) is 2. The molecular formula is C20H16Cl2F3NO2. The van der Waals surface area contributed by atoms with Gasteiger partial charge in [0.1, 0.15) is 0 Å². The Morgan fingerprint density at radius 3 is 2.43 bits per heavy atom. The Morgan fingerprint density at radius 2 is 1.86 bits per heavy atom. The molecule has 28 heavy (non-hydrogen) atoms. The lowest BCUT2D eigenvalue weighted by Gasteiger charge is -2.39. The fraction of sp³-hybridized carbons (Fsp3) is 0.250. The summed E-state index contributed by atoms with van der Waals surface area (Å²) in [7, 11) is 1.24. The van der Waals surface area contributed by atoms with Crippen molar-refractivity contribution >= 4 is 29.1 Å². The molecule has 1 aliphatic rings. The van der Waals surface area contributed by atoms with Gasteiger partial charge in [-0.1, -0.05) is 35.3 Å². The molecule has 2 aromatic carbocycles. The highest BCUT2D eigenvalue weighted by atomic mass is 35.5. The highest BCUT2D eigenvalue weighted by Crippen LogP contribution is 2.50. The average molecular weight is 430 g/mol. The summed E-state index contributed by atoms with van der Waals surface area (Å²) in [5.74, 6) is -6.59. The summed E-state index contributed by atoms with van der Waals surface area (Å²) < 4.78 is 43.0. The van der Waals surface area contributed by atoms with Crippen LogP contribution in [0.1, 0.15) is 39.4 Å². The van der Waals surface area contributed by atoms with Gasteiger partial charge in [0.2, 0.25) is 0 Å². The van der Waals surface area contributed by atoms with Crippen LogP contribution in [-0.2, 0) is 5.72 Å². The molecule has 2 unspecified atom stereocenters. The Hall–Kier alpha value is -2.02. The lowest BCUT2D eigenvalue weighted by Crippen LogP contribution is -2.46. The molecule has 3 rings (SSSR count). The molecule has 0 saturated heterocycles. The lowest BCUT2D eigenvalue weighted by atomic mass is 9.80. The van der Waals surface area contributed by atoms with Gasteiger partial charge in [-0.15, -0.1) is 6.58 Å². The molecule has 2 atom stereocenters. The van der Waals surface area contributed by atoms with E-state index < -0.39 is 46.1 Å². The van der Waals surface area contributed by atoms with Crippen molar-refractivity contribution in [3.8, 4) is 0 Å². The molecule has 0 saturated carbocycles. The molecule has 148 valence electrons. The Kier molecular flexibility index (Phi) is 5.25. The monoisotopic (exact) mass is 429 g/mol. The van der Waals surface area contributed by atoms with E-state index >= 15 is 0 Å². The van der Waals surface area contributed by atoms with Crippen molar-refractivity contribution in [3.63, 3.8) is 0 Å². The van der Waals surface area contributed by atoms with Crippen LogP contribution < -0.4 is 0 Å². The van der Waals surface area contributed by atoms with Gasteiger partial charge in [-0.3, -0.25) is 4.79 Å². The molecule has 0 aromatic heterocycles. The number of amides is 1. The van der Waals surface area contributed by atoms with E-state index in [1.54, 1.807) is 6.07 Å². The second-order valence-corrected chi connectivity index (χ2v) is 7.47. The predicted octanol–water partition coefficient (Wildman–Crippen LogP) is 5.31. The number of nitrogens with zero attached hydrogens (tertiary/aromatic N) is 1. The number of aliphatic hydroxyl groups is 1. The summed E-state index contributed by atoms with van der Waals surface area (Å²) >= 11 is 12.0. The first-order valence-corrected chi connectivity index (χ1v) is 9.06. The van der Waals surface area contributed by atoms with Crippen LogP contribution in [0.3, 0.4) is 0 Å². The van der Waals surface area contributed by atoms with Crippen LogP contribution in [0.4, 0.5) is 13.2 Å². The summed E-state index contributed by atoms with van der Waals surface area (Å²) in [6, 6.07) is 4.52. The first kappa shape index (κ1) is 20.7. The minimum absolute atomic E-state index is 0.0863. The van der Waals surface area contributed by atoms with Gasteiger partial charge in [-0.2, -0.15) is 0 Å². The maximum atomic E-state index is 14.8. The van der Waals surface area contributed by atoms with Crippen LogP contribution in [0.25, 0.3) is 0 Å². The molecule has 3 nitrogen and oxygen atoms in total. The summed E-state index contributed by atoms with van der Waals surface area (Å²) in [4.78, 5) is 13.6. The van der Waals surface area contributed by atoms with Crippen LogP contribution in [0.5, 0.6) is 0 Å². The van der Waals surface area contributed by atoms with Crippen molar-refractivity contribution < 1.29 is 23.1 Å². The molecule has 0 fully saturated rings. The fourth-order valence-electron chi connectivity index (χ4n) is 3.72. The van der Waals surface area contributed by atoms with Crippen molar-refractivity contribution in [3.05, 3.63) is 80.6 Å². The molecule has 1 N–H and O–H groups in total. The molecule has 2 aromatic rings. The molecule has 0 bridgehead atoms. The van der Waals surface area contributed by atoms with Gasteiger partial charge >= 0.3 is 0 Å². The molecule has 0 aliphatic carbocycles. The van der Waals surface area contributed by atoms with E-state index in [1.165, 1.54) is 25.3 Å². The number of hydrogen-bond donors (Lipinski definition) is 1. The van der Waals surface area contributed by atoms with Gasteiger partial charge < -0.3 is 10.0 Å². The molecule has 1 aliphatic heterocycles.